The monoisotopic (exact) mass is 216 g/mol. The highest BCUT2D eigenvalue weighted by atomic mass is 16.5. The summed E-state index contributed by atoms with van der Waals surface area (Å²) in [6.45, 7) is 5.41. The van der Waals surface area contributed by atoms with Gasteiger partial charge in [0, 0.05) is 5.92 Å². The number of esters is 1. The van der Waals surface area contributed by atoms with Crippen molar-refractivity contribution in [3.63, 3.8) is 0 Å². The lowest BCUT2D eigenvalue weighted by Crippen LogP contribution is -2.40. The van der Waals surface area contributed by atoms with E-state index in [-0.39, 0.29) is 5.97 Å². The Bertz CT molecular complexity index is 194. The second kappa shape index (κ2) is 6.11. The molecule has 0 spiro atoms. The molecule has 0 N–H and O–H groups in total. The van der Waals surface area contributed by atoms with Gasteiger partial charge in [-0.25, -0.2) is 0 Å². The third-order valence-electron chi connectivity index (χ3n) is 2.29. The number of carbonyl (C=O) groups is 1. The van der Waals surface area contributed by atoms with Crippen molar-refractivity contribution in [2.45, 2.75) is 26.7 Å². The molecule has 0 aromatic carbocycles. The van der Waals surface area contributed by atoms with Crippen molar-refractivity contribution in [2.75, 3.05) is 34.8 Å². The largest absolute Gasteiger partial charge is 0.469 e. The molecule has 0 aliphatic carbocycles. The molecule has 0 heterocycles. The van der Waals surface area contributed by atoms with Crippen LogP contribution in [-0.4, -0.2) is 45.2 Å². The summed E-state index contributed by atoms with van der Waals surface area (Å²) in [4.78, 5) is 11.3. The molecule has 3 heteroatoms. The summed E-state index contributed by atoms with van der Waals surface area (Å²) in [7, 11) is 7.93. The maximum Gasteiger partial charge on any atom is 0.306 e. The van der Waals surface area contributed by atoms with Gasteiger partial charge < -0.3 is 9.22 Å². The van der Waals surface area contributed by atoms with E-state index in [2.05, 4.69) is 35.0 Å². The van der Waals surface area contributed by atoms with Gasteiger partial charge in [0.25, 0.3) is 0 Å². The smallest absolute Gasteiger partial charge is 0.306 e. The van der Waals surface area contributed by atoms with Crippen LogP contribution in [0.1, 0.15) is 26.7 Å². The van der Waals surface area contributed by atoms with Crippen LogP contribution >= 0.6 is 0 Å². The second-order valence-corrected chi connectivity index (χ2v) is 5.75. The van der Waals surface area contributed by atoms with Gasteiger partial charge in [0.2, 0.25) is 0 Å². The molecule has 0 saturated carbocycles. The molecule has 0 aliphatic rings. The first-order valence-electron chi connectivity index (χ1n) is 5.62. The lowest BCUT2D eigenvalue weighted by Gasteiger charge is -2.29. The van der Waals surface area contributed by atoms with E-state index in [0.29, 0.717) is 18.3 Å². The number of methoxy groups -OCH3 is 1. The summed E-state index contributed by atoms with van der Waals surface area (Å²) in [5.74, 6) is 0.970. The number of ether oxygens (including phenoxy) is 1. The van der Waals surface area contributed by atoms with Crippen LogP contribution in [0.5, 0.6) is 0 Å². The molecule has 0 bridgehead atoms. The van der Waals surface area contributed by atoms with E-state index in [9.17, 15) is 4.79 Å². The van der Waals surface area contributed by atoms with Crippen LogP contribution in [0, 0.1) is 11.8 Å². The number of nitrogens with zero attached hydrogens (tertiary/aromatic N) is 1. The topological polar surface area (TPSA) is 26.3 Å². The van der Waals surface area contributed by atoms with E-state index >= 15 is 0 Å². The highest BCUT2D eigenvalue weighted by Gasteiger charge is 2.22. The predicted octanol–water partition coefficient (Wildman–Crippen LogP) is 1.92. The van der Waals surface area contributed by atoms with E-state index < -0.39 is 0 Å². The molecule has 0 amide bonds. The Morgan fingerprint density at radius 2 is 1.80 bits per heavy atom. The van der Waals surface area contributed by atoms with Gasteiger partial charge in [-0.1, -0.05) is 13.8 Å². The highest BCUT2D eigenvalue weighted by Crippen LogP contribution is 2.18. The Hall–Kier alpha value is -0.570. The van der Waals surface area contributed by atoms with Gasteiger partial charge in [0.1, 0.15) is 0 Å². The van der Waals surface area contributed by atoms with Crippen molar-refractivity contribution in [1.29, 1.82) is 0 Å². The average molecular weight is 216 g/mol. The SMILES string of the molecule is COC(=O)CC(CC(C)C)C[N+](C)(C)C. The molecule has 0 saturated heterocycles. The fourth-order valence-electron chi connectivity index (χ4n) is 1.98. The molecule has 1 unspecified atom stereocenters. The number of quaternary nitrogens is 1. The third-order valence-corrected chi connectivity index (χ3v) is 2.29. The second-order valence-electron chi connectivity index (χ2n) is 5.75. The van der Waals surface area contributed by atoms with Crippen molar-refractivity contribution in [3.05, 3.63) is 0 Å². The first kappa shape index (κ1) is 14.4. The zero-order valence-corrected chi connectivity index (χ0v) is 11.0. The van der Waals surface area contributed by atoms with Crippen LogP contribution in [0.15, 0.2) is 0 Å². The average Bonchev–Trinajstić information content (AvgIpc) is 1.99. The number of rotatable bonds is 6. The molecule has 90 valence electrons. The maximum atomic E-state index is 11.3. The summed E-state index contributed by atoms with van der Waals surface area (Å²) < 4.78 is 5.63. The number of hydrogen-bond donors (Lipinski definition) is 0. The summed E-state index contributed by atoms with van der Waals surface area (Å²) in [6.07, 6.45) is 1.63. The van der Waals surface area contributed by atoms with Crippen molar-refractivity contribution in [2.24, 2.45) is 11.8 Å². The Kier molecular flexibility index (Phi) is 5.88. The molecule has 0 fully saturated rings. The lowest BCUT2D eigenvalue weighted by atomic mass is 9.93. The molecule has 3 nitrogen and oxygen atoms in total. The Morgan fingerprint density at radius 3 is 2.13 bits per heavy atom. The van der Waals surface area contributed by atoms with E-state index in [4.69, 9.17) is 4.74 Å². The third kappa shape index (κ3) is 8.43. The molecular formula is C12H26NO2+. The molecule has 0 radical (unpaired) electrons. The predicted molar refractivity (Wildman–Crippen MR) is 62.5 cm³/mol. The minimum atomic E-state index is -0.0888. The Labute approximate surface area is 94.0 Å². The zero-order valence-electron chi connectivity index (χ0n) is 11.0. The van der Waals surface area contributed by atoms with Crippen molar-refractivity contribution < 1.29 is 14.0 Å². The molecule has 0 aliphatic heterocycles. The van der Waals surface area contributed by atoms with Gasteiger partial charge in [-0.3, -0.25) is 4.79 Å². The molecular weight excluding hydrogens is 190 g/mol. The molecule has 1 atom stereocenters. The first-order valence-corrected chi connectivity index (χ1v) is 5.62. The highest BCUT2D eigenvalue weighted by molar-refractivity contribution is 5.69. The van der Waals surface area contributed by atoms with Crippen molar-refractivity contribution >= 4 is 5.97 Å². The van der Waals surface area contributed by atoms with Crippen molar-refractivity contribution in [3.8, 4) is 0 Å². The van der Waals surface area contributed by atoms with Crippen LogP contribution in [0.3, 0.4) is 0 Å². The van der Waals surface area contributed by atoms with Gasteiger partial charge in [0.15, 0.2) is 0 Å². The maximum absolute atomic E-state index is 11.3. The van der Waals surface area contributed by atoms with Crippen LogP contribution in [0.25, 0.3) is 0 Å². The van der Waals surface area contributed by atoms with Crippen LogP contribution < -0.4 is 0 Å². The molecule has 0 rings (SSSR count). The number of hydrogen-bond acceptors (Lipinski definition) is 2. The first-order chi connectivity index (χ1) is 6.74. The summed E-state index contributed by atoms with van der Waals surface area (Å²) in [5, 5.41) is 0. The van der Waals surface area contributed by atoms with Gasteiger partial charge >= 0.3 is 5.97 Å². The summed E-state index contributed by atoms with van der Waals surface area (Å²) >= 11 is 0. The van der Waals surface area contributed by atoms with Crippen LogP contribution in [0.2, 0.25) is 0 Å². The van der Waals surface area contributed by atoms with Crippen LogP contribution in [-0.2, 0) is 9.53 Å². The fraction of sp³-hybridized carbons (Fsp3) is 0.917. The molecule has 0 aromatic heterocycles. The summed E-state index contributed by atoms with van der Waals surface area (Å²) in [5.41, 5.74) is 0. The summed E-state index contributed by atoms with van der Waals surface area (Å²) in [6, 6.07) is 0. The quantitative estimate of drug-likeness (QED) is 0.501. The molecule has 15 heavy (non-hydrogen) atoms. The Balaban J connectivity index is 4.25. The van der Waals surface area contributed by atoms with E-state index in [1.54, 1.807) is 0 Å². The lowest BCUT2D eigenvalue weighted by molar-refractivity contribution is -0.873. The van der Waals surface area contributed by atoms with Gasteiger partial charge in [-0.15, -0.1) is 0 Å². The normalized spacial score (nSPS) is 14.1. The number of carbonyl (C=O) groups excluding carboxylic acids is 1. The van der Waals surface area contributed by atoms with Gasteiger partial charge in [0.05, 0.1) is 41.2 Å². The van der Waals surface area contributed by atoms with Gasteiger partial charge in [-0.05, 0) is 12.3 Å². The minimum absolute atomic E-state index is 0.0888. The fourth-order valence-corrected chi connectivity index (χ4v) is 1.98. The van der Waals surface area contributed by atoms with Crippen molar-refractivity contribution in [1.82, 2.24) is 0 Å². The minimum Gasteiger partial charge on any atom is -0.469 e. The zero-order chi connectivity index (χ0) is 12.1. The van der Waals surface area contributed by atoms with E-state index in [1.165, 1.54) is 7.11 Å². The standard InChI is InChI=1S/C12H26NO2/c1-10(2)7-11(8-12(14)15-6)9-13(3,4)5/h10-11H,7-9H2,1-6H3/q+1. The van der Waals surface area contributed by atoms with E-state index in [0.717, 1.165) is 17.4 Å². The molecule has 0 aromatic rings. The van der Waals surface area contributed by atoms with Crippen LogP contribution in [0.4, 0.5) is 0 Å². The Morgan fingerprint density at radius 1 is 1.27 bits per heavy atom. The van der Waals surface area contributed by atoms with E-state index in [1.807, 2.05) is 0 Å². The van der Waals surface area contributed by atoms with Gasteiger partial charge in [-0.2, -0.15) is 0 Å².